The molecule has 0 saturated heterocycles. The molecular weight excluding hydrogens is 354 g/mol. The van der Waals surface area contributed by atoms with Gasteiger partial charge >= 0.3 is 0 Å². The maximum Gasteiger partial charge on any atom is 0.238 e. The van der Waals surface area contributed by atoms with Gasteiger partial charge in [0.15, 0.2) is 11.6 Å². The third-order valence-corrected chi connectivity index (χ3v) is 3.45. The third kappa shape index (κ3) is 4.89. The third-order valence-electron chi connectivity index (χ3n) is 2.96. The first-order valence-corrected chi connectivity index (χ1v) is 7.41. The Balaban J connectivity index is 1.89. The molecule has 0 heterocycles. The minimum atomic E-state index is -0.986. The van der Waals surface area contributed by atoms with Crippen LogP contribution in [0.25, 0.3) is 0 Å². The van der Waals surface area contributed by atoms with Crippen LogP contribution in [0.4, 0.5) is 14.5 Å². The van der Waals surface area contributed by atoms with Crippen LogP contribution in [-0.4, -0.2) is 24.4 Å². The van der Waals surface area contributed by atoms with Gasteiger partial charge in [0.05, 0.1) is 6.54 Å². The molecule has 116 valence electrons. The number of nitrogens with zero attached hydrogens (tertiary/aromatic N) is 1. The molecular formula is C16H15BrF2N2O. The molecule has 0 spiro atoms. The summed E-state index contributed by atoms with van der Waals surface area (Å²) in [4.78, 5) is 13.7. The number of nitrogens with one attached hydrogen (secondary N) is 1. The average molecular weight is 369 g/mol. The van der Waals surface area contributed by atoms with Crippen molar-refractivity contribution in [1.29, 1.82) is 0 Å². The molecule has 0 aliphatic heterocycles. The Kier molecular flexibility index (Phi) is 5.63. The van der Waals surface area contributed by atoms with Crippen LogP contribution in [0.1, 0.15) is 5.56 Å². The zero-order valence-electron chi connectivity index (χ0n) is 11.9. The van der Waals surface area contributed by atoms with E-state index in [9.17, 15) is 13.6 Å². The Morgan fingerprint density at radius 1 is 1.18 bits per heavy atom. The predicted molar refractivity (Wildman–Crippen MR) is 85.5 cm³/mol. The van der Waals surface area contributed by atoms with E-state index in [0.717, 1.165) is 22.2 Å². The molecule has 0 unspecified atom stereocenters. The topological polar surface area (TPSA) is 32.3 Å². The maximum atomic E-state index is 13.1. The Morgan fingerprint density at radius 3 is 2.64 bits per heavy atom. The van der Waals surface area contributed by atoms with Gasteiger partial charge in [-0.05, 0) is 36.9 Å². The summed E-state index contributed by atoms with van der Waals surface area (Å²) >= 11 is 3.40. The molecule has 0 atom stereocenters. The molecule has 3 nitrogen and oxygen atoms in total. The minimum Gasteiger partial charge on any atom is -0.325 e. The molecule has 0 radical (unpaired) electrons. The Morgan fingerprint density at radius 2 is 1.95 bits per heavy atom. The number of likely N-dealkylation sites (N-methyl/N-ethyl adjacent to an activating group) is 1. The first kappa shape index (κ1) is 16.6. The summed E-state index contributed by atoms with van der Waals surface area (Å²) in [5.74, 6) is -2.21. The van der Waals surface area contributed by atoms with Crippen molar-refractivity contribution in [3.05, 3.63) is 64.1 Å². The second-order valence-corrected chi connectivity index (χ2v) is 5.89. The van der Waals surface area contributed by atoms with Gasteiger partial charge < -0.3 is 5.32 Å². The fraction of sp³-hybridized carbons (Fsp3) is 0.188. The zero-order valence-corrected chi connectivity index (χ0v) is 13.5. The number of hydrogen-bond acceptors (Lipinski definition) is 2. The highest BCUT2D eigenvalue weighted by molar-refractivity contribution is 9.10. The lowest BCUT2D eigenvalue weighted by Crippen LogP contribution is -2.29. The van der Waals surface area contributed by atoms with Gasteiger partial charge in [0.2, 0.25) is 5.91 Å². The normalized spacial score (nSPS) is 10.8. The molecule has 2 rings (SSSR count). The number of benzene rings is 2. The second kappa shape index (κ2) is 7.47. The van der Waals surface area contributed by atoms with E-state index in [1.807, 2.05) is 36.2 Å². The number of rotatable bonds is 5. The van der Waals surface area contributed by atoms with Gasteiger partial charge in [-0.25, -0.2) is 8.78 Å². The van der Waals surface area contributed by atoms with Crippen LogP contribution >= 0.6 is 15.9 Å². The maximum absolute atomic E-state index is 13.1. The number of carbonyl (C=O) groups is 1. The summed E-state index contributed by atoms with van der Waals surface area (Å²) in [7, 11) is 1.81. The SMILES string of the molecule is CN(CC(=O)Nc1ccc(F)c(F)c1)Cc1cccc(Br)c1. The van der Waals surface area contributed by atoms with E-state index in [4.69, 9.17) is 0 Å². The van der Waals surface area contributed by atoms with Gasteiger partial charge in [0, 0.05) is 22.8 Å². The first-order valence-electron chi connectivity index (χ1n) is 6.62. The molecule has 22 heavy (non-hydrogen) atoms. The summed E-state index contributed by atoms with van der Waals surface area (Å²) in [6, 6.07) is 11.1. The number of hydrogen-bond donors (Lipinski definition) is 1. The summed E-state index contributed by atoms with van der Waals surface area (Å²) in [6.07, 6.45) is 0. The summed E-state index contributed by atoms with van der Waals surface area (Å²) < 4.78 is 26.9. The van der Waals surface area contributed by atoms with E-state index in [-0.39, 0.29) is 18.1 Å². The lowest BCUT2D eigenvalue weighted by Gasteiger charge is -2.16. The van der Waals surface area contributed by atoms with Crippen molar-refractivity contribution in [3.63, 3.8) is 0 Å². The molecule has 0 aromatic heterocycles. The monoisotopic (exact) mass is 368 g/mol. The van der Waals surface area contributed by atoms with Crippen molar-refractivity contribution in [1.82, 2.24) is 4.90 Å². The lowest BCUT2D eigenvalue weighted by atomic mass is 10.2. The average Bonchev–Trinajstić information content (AvgIpc) is 2.42. The number of amides is 1. The van der Waals surface area contributed by atoms with Gasteiger partial charge in [-0.1, -0.05) is 28.1 Å². The van der Waals surface area contributed by atoms with E-state index in [1.165, 1.54) is 6.07 Å². The standard InChI is InChI=1S/C16H15BrF2N2O/c1-21(9-11-3-2-4-12(17)7-11)10-16(22)20-13-5-6-14(18)15(19)8-13/h2-8H,9-10H2,1H3,(H,20,22). The Labute approximate surface area is 136 Å². The van der Waals surface area contributed by atoms with Crippen molar-refractivity contribution in [2.75, 3.05) is 18.9 Å². The van der Waals surface area contributed by atoms with Gasteiger partial charge in [0.1, 0.15) is 0 Å². The van der Waals surface area contributed by atoms with E-state index < -0.39 is 11.6 Å². The summed E-state index contributed by atoms with van der Waals surface area (Å²) in [6.45, 7) is 0.746. The fourth-order valence-electron chi connectivity index (χ4n) is 2.02. The van der Waals surface area contributed by atoms with Crippen molar-refractivity contribution >= 4 is 27.5 Å². The molecule has 0 fully saturated rings. The minimum absolute atomic E-state index is 0.144. The number of anilines is 1. The van der Waals surface area contributed by atoms with Crippen molar-refractivity contribution in [2.24, 2.45) is 0 Å². The molecule has 6 heteroatoms. The van der Waals surface area contributed by atoms with Crippen molar-refractivity contribution < 1.29 is 13.6 Å². The van der Waals surface area contributed by atoms with Crippen LogP contribution in [-0.2, 0) is 11.3 Å². The van der Waals surface area contributed by atoms with E-state index in [1.54, 1.807) is 0 Å². The van der Waals surface area contributed by atoms with Crippen molar-refractivity contribution in [3.8, 4) is 0 Å². The fourth-order valence-corrected chi connectivity index (χ4v) is 2.47. The van der Waals surface area contributed by atoms with Crippen LogP contribution in [0.15, 0.2) is 46.9 Å². The van der Waals surface area contributed by atoms with E-state index >= 15 is 0 Å². The Bertz CT molecular complexity index is 679. The van der Waals surface area contributed by atoms with Gasteiger partial charge in [-0.2, -0.15) is 0 Å². The molecule has 0 bridgehead atoms. The molecule has 0 saturated carbocycles. The van der Waals surface area contributed by atoms with Crippen LogP contribution < -0.4 is 5.32 Å². The lowest BCUT2D eigenvalue weighted by molar-refractivity contribution is -0.117. The highest BCUT2D eigenvalue weighted by Gasteiger charge is 2.09. The van der Waals surface area contributed by atoms with Crippen LogP contribution in [0.2, 0.25) is 0 Å². The number of halogens is 3. The molecule has 2 aromatic carbocycles. The van der Waals surface area contributed by atoms with Crippen LogP contribution in [0.5, 0.6) is 0 Å². The van der Waals surface area contributed by atoms with Crippen LogP contribution in [0.3, 0.4) is 0 Å². The van der Waals surface area contributed by atoms with E-state index in [2.05, 4.69) is 21.2 Å². The zero-order chi connectivity index (χ0) is 16.1. The van der Waals surface area contributed by atoms with Gasteiger partial charge in [-0.3, -0.25) is 9.69 Å². The smallest absolute Gasteiger partial charge is 0.238 e. The first-order chi connectivity index (χ1) is 10.4. The summed E-state index contributed by atoms with van der Waals surface area (Å²) in [5, 5.41) is 2.54. The molecule has 1 N–H and O–H groups in total. The molecule has 0 aliphatic carbocycles. The van der Waals surface area contributed by atoms with Gasteiger partial charge in [-0.15, -0.1) is 0 Å². The predicted octanol–water partition coefficient (Wildman–Crippen LogP) is 3.80. The Hall–Kier alpha value is -1.79. The molecule has 0 aliphatic rings. The highest BCUT2D eigenvalue weighted by atomic mass is 79.9. The molecule has 2 aromatic rings. The van der Waals surface area contributed by atoms with Crippen molar-refractivity contribution in [2.45, 2.75) is 6.54 Å². The van der Waals surface area contributed by atoms with Crippen LogP contribution in [0, 0.1) is 11.6 Å². The second-order valence-electron chi connectivity index (χ2n) is 4.98. The quantitative estimate of drug-likeness (QED) is 0.870. The van der Waals surface area contributed by atoms with E-state index in [0.29, 0.717) is 6.54 Å². The molecule has 1 amide bonds. The largest absolute Gasteiger partial charge is 0.325 e. The number of carbonyl (C=O) groups excluding carboxylic acids is 1. The highest BCUT2D eigenvalue weighted by Crippen LogP contribution is 2.14. The van der Waals surface area contributed by atoms with Gasteiger partial charge in [0.25, 0.3) is 0 Å². The summed E-state index contributed by atoms with van der Waals surface area (Å²) in [5.41, 5.74) is 1.30.